The summed E-state index contributed by atoms with van der Waals surface area (Å²) >= 11 is 0. The molecule has 0 unspecified atom stereocenters. The molecule has 0 aliphatic rings. The van der Waals surface area contributed by atoms with Crippen LogP contribution in [-0.2, 0) is 5.41 Å². The van der Waals surface area contributed by atoms with Gasteiger partial charge in [0.15, 0.2) is 0 Å². The normalized spacial score (nSPS) is 11.6. The fourth-order valence-electron chi connectivity index (χ4n) is 2.20. The number of rotatable bonds is 1. The zero-order chi connectivity index (χ0) is 13.3. The van der Waals surface area contributed by atoms with Crippen LogP contribution in [0.2, 0.25) is 0 Å². The van der Waals surface area contributed by atoms with Crippen molar-refractivity contribution in [3.05, 3.63) is 59.2 Å². The van der Waals surface area contributed by atoms with Crippen molar-refractivity contribution in [2.45, 2.75) is 40.0 Å². The molecule has 0 amide bonds. The maximum absolute atomic E-state index is 2.27. The lowest BCUT2D eigenvalue weighted by Gasteiger charge is -2.19. The summed E-state index contributed by atoms with van der Waals surface area (Å²) < 4.78 is 0. The summed E-state index contributed by atoms with van der Waals surface area (Å²) in [6.45, 7) is 11.1. The Labute approximate surface area is 111 Å². The molecular formula is C18H22. The van der Waals surface area contributed by atoms with Crippen LogP contribution in [-0.4, -0.2) is 0 Å². The van der Waals surface area contributed by atoms with Crippen LogP contribution >= 0.6 is 0 Å². The lowest BCUT2D eigenvalue weighted by Crippen LogP contribution is -2.10. The fourth-order valence-corrected chi connectivity index (χ4v) is 2.20. The van der Waals surface area contributed by atoms with Crippen LogP contribution in [0.5, 0.6) is 0 Å². The summed E-state index contributed by atoms with van der Waals surface area (Å²) in [5, 5.41) is 0. The standard InChI is InChI=1S/C18H22/c1-13-6-7-14(2)17(12-13)15-8-10-16(11-9-15)18(3,4)5/h6-12H,1-5H3. The number of hydrogen-bond donors (Lipinski definition) is 0. The first-order valence-electron chi connectivity index (χ1n) is 6.56. The zero-order valence-corrected chi connectivity index (χ0v) is 12.0. The second-order valence-electron chi connectivity index (χ2n) is 6.15. The Kier molecular flexibility index (Phi) is 3.30. The lowest BCUT2D eigenvalue weighted by molar-refractivity contribution is 0.590. The average Bonchev–Trinajstić information content (AvgIpc) is 2.31. The van der Waals surface area contributed by atoms with Gasteiger partial charge in [0.05, 0.1) is 0 Å². The quantitative estimate of drug-likeness (QED) is 0.635. The van der Waals surface area contributed by atoms with Crippen molar-refractivity contribution < 1.29 is 0 Å². The van der Waals surface area contributed by atoms with Crippen molar-refractivity contribution >= 4 is 0 Å². The summed E-state index contributed by atoms with van der Waals surface area (Å²) in [6, 6.07) is 15.6. The summed E-state index contributed by atoms with van der Waals surface area (Å²) in [4.78, 5) is 0. The summed E-state index contributed by atoms with van der Waals surface area (Å²) in [5.74, 6) is 0. The van der Waals surface area contributed by atoms with Gasteiger partial charge in [-0.1, -0.05) is 68.8 Å². The van der Waals surface area contributed by atoms with Gasteiger partial charge < -0.3 is 0 Å². The molecule has 0 fully saturated rings. The molecule has 2 aromatic rings. The molecule has 0 aromatic heterocycles. The Morgan fingerprint density at radius 2 is 1.39 bits per heavy atom. The molecule has 0 spiro atoms. The lowest BCUT2D eigenvalue weighted by atomic mass is 9.86. The van der Waals surface area contributed by atoms with E-state index in [1.165, 1.54) is 27.8 Å². The van der Waals surface area contributed by atoms with Crippen LogP contribution in [0.4, 0.5) is 0 Å². The number of aryl methyl sites for hydroxylation is 2. The third-order valence-electron chi connectivity index (χ3n) is 3.46. The van der Waals surface area contributed by atoms with E-state index in [2.05, 4.69) is 77.1 Å². The first-order valence-corrected chi connectivity index (χ1v) is 6.56. The molecule has 0 radical (unpaired) electrons. The van der Waals surface area contributed by atoms with Gasteiger partial charge in [-0.25, -0.2) is 0 Å². The van der Waals surface area contributed by atoms with Gasteiger partial charge in [0, 0.05) is 0 Å². The van der Waals surface area contributed by atoms with E-state index in [0.29, 0.717) is 0 Å². The van der Waals surface area contributed by atoms with Crippen LogP contribution in [0.25, 0.3) is 11.1 Å². The van der Waals surface area contributed by atoms with Crippen molar-refractivity contribution in [1.29, 1.82) is 0 Å². The Balaban J connectivity index is 2.43. The monoisotopic (exact) mass is 238 g/mol. The molecule has 0 atom stereocenters. The Hall–Kier alpha value is -1.56. The number of benzene rings is 2. The van der Waals surface area contributed by atoms with Gasteiger partial charge in [0.2, 0.25) is 0 Å². The SMILES string of the molecule is Cc1ccc(C)c(-c2ccc(C(C)(C)C)cc2)c1. The Morgan fingerprint density at radius 1 is 0.778 bits per heavy atom. The highest BCUT2D eigenvalue weighted by molar-refractivity contribution is 5.68. The number of hydrogen-bond acceptors (Lipinski definition) is 0. The third kappa shape index (κ3) is 2.64. The zero-order valence-electron chi connectivity index (χ0n) is 12.0. The van der Waals surface area contributed by atoms with E-state index in [1.807, 2.05) is 0 Å². The first kappa shape index (κ1) is 12.9. The van der Waals surface area contributed by atoms with Gasteiger partial charge in [-0.3, -0.25) is 0 Å². The van der Waals surface area contributed by atoms with E-state index in [0.717, 1.165) is 0 Å². The fraction of sp³-hybridized carbons (Fsp3) is 0.333. The van der Waals surface area contributed by atoms with Crippen molar-refractivity contribution in [2.24, 2.45) is 0 Å². The Morgan fingerprint density at radius 3 is 1.94 bits per heavy atom. The molecule has 0 bridgehead atoms. The molecule has 0 aliphatic carbocycles. The van der Waals surface area contributed by atoms with Crippen LogP contribution < -0.4 is 0 Å². The second kappa shape index (κ2) is 4.61. The van der Waals surface area contributed by atoms with Gasteiger partial charge in [-0.05, 0) is 41.5 Å². The molecule has 0 saturated heterocycles. The molecular weight excluding hydrogens is 216 g/mol. The van der Waals surface area contributed by atoms with Crippen LogP contribution in [0.15, 0.2) is 42.5 Å². The van der Waals surface area contributed by atoms with E-state index in [9.17, 15) is 0 Å². The van der Waals surface area contributed by atoms with E-state index >= 15 is 0 Å². The molecule has 18 heavy (non-hydrogen) atoms. The maximum atomic E-state index is 2.27. The highest BCUT2D eigenvalue weighted by atomic mass is 14.2. The molecule has 2 aromatic carbocycles. The van der Waals surface area contributed by atoms with Crippen molar-refractivity contribution in [1.82, 2.24) is 0 Å². The van der Waals surface area contributed by atoms with Crippen molar-refractivity contribution in [3.63, 3.8) is 0 Å². The minimum Gasteiger partial charge on any atom is -0.0590 e. The molecule has 0 N–H and O–H groups in total. The predicted molar refractivity (Wildman–Crippen MR) is 80.1 cm³/mol. The molecule has 94 valence electrons. The summed E-state index contributed by atoms with van der Waals surface area (Å²) in [6.07, 6.45) is 0. The second-order valence-corrected chi connectivity index (χ2v) is 6.15. The highest BCUT2D eigenvalue weighted by Crippen LogP contribution is 2.28. The average molecular weight is 238 g/mol. The van der Waals surface area contributed by atoms with Crippen LogP contribution in [0.3, 0.4) is 0 Å². The molecule has 0 nitrogen and oxygen atoms in total. The molecule has 0 saturated carbocycles. The van der Waals surface area contributed by atoms with Gasteiger partial charge in [0.1, 0.15) is 0 Å². The predicted octanol–water partition coefficient (Wildman–Crippen LogP) is 5.27. The molecule has 0 heterocycles. The van der Waals surface area contributed by atoms with Gasteiger partial charge in [0.25, 0.3) is 0 Å². The van der Waals surface area contributed by atoms with Gasteiger partial charge in [-0.15, -0.1) is 0 Å². The Bertz CT molecular complexity index is 539. The van der Waals surface area contributed by atoms with Gasteiger partial charge >= 0.3 is 0 Å². The van der Waals surface area contributed by atoms with Crippen molar-refractivity contribution in [3.8, 4) is 11.1 Å². The molecule has 0 heteroatoms. The summed E-state index contributed by atoms with van der Waals surface area (Å²) in [7, 11) is 0. The third-order valence-corrected chi connectivity index (χ3v) is 3.46. The highest BCUT2D eigenvalue weighted by Gasteiger charge is 2.13. The van der Waals surface area contributed by atoms with E-state index < -0.39 is 0 Å². The maximum Gasteiger partial charge on any atom is -0.0132 e. The van der Waals surface area contributed by atoms with Crippen LogP contribution in [0.1, 0.15) is 37.5 Å². The minimum absolute atomic E-state index is 0.222. The minimum atomic E-state index is 0.222. The topological polar surface area (TPSA) is 0 Å². The molecule has 2 rings (SSSR count). The van der Waals surface area contributed by atoms with Gasteiger partial charge in [-0.2, -0.15) is 0 Å². The largest absolute Gasteiger partial charge is 0.0590 e. The van der Waals surface area contributed by atoms with E-state index in [-0.39, 0.29) is 5.41 Å². The van der Waals surface area contributed by atoms with E-state index in [4.69, 9.17) is 0 Å². The summed E-state index contributed by atoms with van der Waals surface area (Å²) in [5.41, 5.74) is 6.91. The molecule has 0 aliphatic heterocycles. The first-order chi connectivity index (χ1) is 8.38. The van der Waals surface area contributed by atoms with Crippen molar-refractivity contribution in [2.75, 3.05) is 0 Å². The van der Waals surface area contributed by atoms with Crippen LogP contribution in [0, 0.1) is 13.8 Å². The smallest absolute Gasteiger partial charge is 0.0132 e. The van der Waals surface area contributed by atoms with E-state index in [1.54, 1.807) is 0 Å².